The minimum absolute atomic E-state index is 0.00236. The lowest BCUT2D eigenvalue weighted by Crippen LogP contribution is -2.34. The van der Waals surface area contributed by atoms with Crippen molar-refractivity contribution in [2.75, 3.05) is 7.05 Å². The molecule has 0 amide bonds. The van der Waals surface area contributed by atoms with Crippen LogP contribution in [0, 0.1) is 22.9 Å². The van der Waals surface area contributed by atoms with Crippen LogP contribution in [0.3, 0.4) is 0 Å². The predicted molar refractivity (Wildman–Crippen MR) is 177 cm³/mol. The summed E-state index contributed by atoms with van der Waals surface area (Å²) in [6.07, 6.45) is -16.8. The Kier molecular flexibility index (Phi) is 8.38. The first-order valence-electron chi connectivity index (χ1n) is 16.1. The summed E-state index contributed by atoms with van der Waals surface area (Å²) in [4.78, 5) is 10.9. The first kappa shape index (κ1) is 38.0. The molecule has 1 N–H and O–H groups in total. The third-order valence-corrected chi connectivity index (χ3v) is 9.83. The van der Waals surface area contributed by atoms with Gasteiger partial charge in [0.2, 0.25) is 0 Å². The van der Waals surface area contributed by atoms with Gasteiger partial charge in [-0.25, -0.2) is 4.99 Å². The Morgan fingerprint density at radius 1 is 0.661 bits per heavy atom. The minimum Gasteiger partial charge on any atom is -0.300 e. The van der Waals surface area contributed by atoms with E-state index in [9.17, 15) is 63.2 Å². The normalized spacial score (nSPS) is 18.9. The SMILES string of the molecule is CN(C#N)C1C2=NC3(C)C(=C(NC#N)c4cc(-c5ccc(C(F)(F)F)cc5C(F)(F)F)ccc43)N=C2c2ccc(-c3ccc(C(F)(F)F)cc3C(F)(F)F)cc21. The number of hydrogen-bond acceptors (Lipinski definition) is 6. The lowest BCUT2D eigenvalue weighted by molar-refractivity contribution is -0.144. The lowest BCUT2D eigenvalue weighted by Gasteiger charge is -2.30. The molecular formula is C38H20F12N6. The molecule has 3 aliphatic rings. The molecule has 0 radical (unpaired) electrons. The Morgan fingerprint density at radius 2 is 1.18 bits per heavy atom. The molecule has 0 fully saturated rings. The van der Waals surface area contributed by atoms with Gasteiger partial charge in [-0.3, -0.25) is 10.3 Å². The smallest absolute Gasteiger partial charge is 0.300 e. The molecule has 4 aromatic carbocycles. The van der Waals surface area contributed by atoms with Gasteiger partial charge in [0.25, 0.3) is 0 Å². The number of hydrogen-bond donors (Lipinski definition) is 1. The second-order valence-corrected chi connectivity index (χ2v) is 13.2. The van der Waals surface area contributed by atoms with Crippen LogP contribution in [0.2, 0.25) is 0 Å². The van der Waals surface area contributed by atoms with Crippen molar-refractivity contribution < 1.29 is 52.7 Å². The molecule has 0 aromatic heterocycles. The van der Waals surface area contributed by atoms with Gasteiger partial charge in [0.15, 0.2) is 12.4 Å². The molecule has 0 spiro atoms. The second kappa shape index (κ2) is 12.4. The molecule has 0 bridgehead atoms. The molecular weight excluding hydrogens is 768 g/mol. The predicted octanol–water partition coefficient (Wildman–Crippen LogP) is 10.5. The zero-order chi connectivity index (χ0) is 40.9. The number of halogens is 12. The number of nitriles is 2. The van der Waals surface area contributed by atoms with Crippen molar-refractivity contribution in [3.8, 4) is 34.6 Å². The van der Waals surface area contributed by atoms with Gasteiger partial charge >= 0.3 is 24.7 Å². The summed E-state index contributed by atoms with van der Waals surface area (Å²) in [6.45, 7) is 1.56. The number of rotatable bonds is 4. The van der Waals surface area contributed by atoms with Crippen molar-refractivity contribution in [3.05, 3.63) is 123 Å². The van der Waals surface area contributed by atoms with E-state index in [1.807, 2.05) is 6.19 Å². The Balaban J connectivity index is 1.40. The fourth-order valence-electron chi connectivity index (χ4n) is 7.34. The van der Waals surface area contributed by atoms with Crippen molar-refractivity contribution >= 4 is 17.1 Å². The number of aliphatic imine (C=N–C) groups is 2. The largest absolute Gasteiger partial charge is 0.417 e. The number of benzene rings is 4. The van der Waals surface area contributed by atoms with E-state index in [0.717, 1.165) is 4.90 Å². The zero-order valence-corrected chi connectivity index (χ0v) is 28.3. The Morgan fingerprint density at radius 3 is 1.68 bits per heavy atom. The average Bonchev–Trinajstić information content (AvgIpc) is 3.55. The summed E-state index contributed by atoms with van der Waals surface area (Å²) in [7, 11) is 1.36. The Bertz CT molecular complexity index is 2530. The van der Waals surface area contributed by atoms with Crippen LogP contribution >= 0.6 is 0 Å². The zero-order valence-electron chi connectivity index (χ0n) is 28.3. The van der Waals surface area contributed by atoms with Gasteiger partial charge in [0.05, 0.1) is 45.1 Å². The van der Waals surface area contributed by atoms with Gasteiger partial charge in [-0.15, -0.1) is 0 Å². The van der Waals surface area contributed by atoms with E-state index in [-0.39, 0.29) is 62.8 Å². The molecule has 4 aromatic rings. The maximum atomic E-state index is 14.1. The molecule has 0 saturated heterocycles. The average molecular weight is 789 g/mol. The van der Waals surface area contributed by atoms with E-state index < -0.39 is 69.7 Å². The summed E-state index contributed by atoms with van der Waals surface area (Å²) in [5.74, 6) is 0. The third kappa shape index (κ3) is 6.00. The van der Waals surface area contributed by atoms with Gasteiger partial charge in [-0.1, -0.05) is 36.4 Å². The van der Waals surface area contributed by atoms with Gasteiger partial charge in [-0.2, -0.15) is 63.2 Å². The molecule has 7 rings (SSSR count). The first-order chi connectivity index (χ1) is 26.0. The third-order valence-electron chi connectivity index (χ3n) is 9.83. The summed E-state index contributed by atoms with van der Waals surface area (Å²) in [5.41, 5.74) is -7.70. The van der Waals surface area contributed by atoms with Crippen molar-refractivity contribution in [3.63, 3.8) is 0 Å². The van der Waals surface area contributed by atoms with Gasteiger partial charge < -0.3 is 4.90 Å². The standard InChI is InChI=1S/C38H20F12N6/c1-34-26-10-4-18(22-9-6-20(36(42,43)44)14-28(22)38(48,49)50)12-25(26)30(53-15-51)33(34)54-29-23-7-3-17(11-24(23)32(31(29)55-34)56(2)16-52)21-8-5-19(35(39,40)41)13-27(21)37(45,46)47/h3-14,32,53H,1-2H3. The molecule has 18 heteroatoms. The van der Waals surface area contributed by atoms with Crippen LogP contribution in [0.25, 0.3) is 28.0 Å². The highest BCUT2D eigenvalue weighted by atomic mass is 19.4. The topological polar surface area (TPSA) is 87.6 Å². The van der Waals surface area contributed by atoms with Crippen LogP contribution in [0.15, 0.2) is 88.5 Å². The highest BCUT2D eigenvalue weighted by Gasteiger charge is 2.50. The molecule has 0 saturated carbocycles. The van der Waals surface area contributed by atoms with Crippen LogP contribution < -0.4 is 5.32 Å². The summed E-state index contributed by atoms with van der Waals surface area (Å²) >= 11 is 0. The fraction of sp³-hybridized carbons (Fsp3) is 0.211. The quantitative estimate of drug-likeness (QED) is 0.127. The number of fused-ring (bicyclic) bond motifs is 6. The fourth-order valence-corrected chi connectivity index (χ4v) is 7.34. The van der Waals surface area contributed by atoms with Gasteiger partial charge in [0, 0.05) is 18.2 Å². The second-order valence-electron chi connectivity index (χ2n) is 13.2. The molecule has 2 unspecified atom stereocenters. The van der Waals surface area contributed by atoms with Crippen molar-refractivity contribution in [2.24, 2.45) is 9.98 Å². The molecule has 2 atom stereocenters. The number of nitrogens with zero attached hydrogens (tertiary/aromatic N) is 5. The first-order valence-corrected chi connectivity index (χ1v) is 16.1. The molecule has 1 heterocycles. The summed E-state index contributed by atoms with van der Waals surface area (Å²) < 4.78 is 165. The van der Waals surface area contributed by atoms with Crippen LogP contribution in [0.1, 0.15) is 57.5 Å². The van der Waals surface area contributed by atoms with E-state index >= 15 is 0 Å². The van der Waals surface area contributed by atoms with Gasteiger partial charge in [0.1, 0.15) is 11.6 Å². The van der Waals surface area contributed by atoms with Crippen molar-refractivity contribution in [1.82, 2.24) is 10.2 Å². The maximum Gasteiger partial charge on any atom is 0.417 e. The molecule has 6 nitrogen and oxygen atoms in total. The van der Waals surface area contributed by atoms with Gasteiger partial charge in [-0.05, 0) is 76.7 Å². The van der Waals surface area contributed by atoms with Crippen LogP contribution in [0.5, 0.6) is 0 Å². The highest BCUT2D eigenvalue weighted by molar-refractivity contribution is 6.54. The number of alkyl halides is 12. The molecule has 2 aliphatic carbocycles. The maximum absolute atomic E-state index is 14.1. The Hall–Kier alpha value is -6.30. The summed E-state index contributed by atoms with van der Waals surface area (Å²) in [5, 5.41) is 22.2. The van der Waals surface area contributed by atoms with E-state index in [4.69, 9.17) is 9.98 Å². The van der Waals surface area contributed by atoms with Crippen LogP contribution in [-0.4, -0.2) is 23.4 Å². The number of nitrogens with one attached hydrogen (secondary N) is 1. The highest BCUT2D eigenvalue weighted by Crippen LogP contribution is 2.53. The van der Waals surface area contributed by atoms with Crippen LogP contribution in [0.4, 0.5) is 52.7 Å². The monoisotopic (exact) mass is 788 g/mol. The minimum atomic E-state index is -5.19. The Labute approximate surface area is 308 Å². The van der Waals surface area contributed by atoms with Crippen molar-refractivity contribution in [2.45, 2.75) is 43.2 Å². The van der Waals surface area contributed by atoms with E-state index in [1.165, 1.54) is 43.4 Å². The van der Waals surface area contributed by atoms with E-state index in [0.29, 0.717) is 29.8 Å². The molecule has 56 heavy (non-hydrogen) atoms. The summed E-state index contributed by atoms with van der Waals surface area (Å²) in [6, 6.07) is 9.13. The van der Waals surface area contributed by atoms with E-state index in [1.54, 1.807) is 13.1 Å². The lowest BCUT2D eigenvalue weighted by atomic mass is 9.88. The van der Waals surface area contributed by atoms with Crippen molar-refractivity contribution in [1.29, 1.82) is 10.5 Å². The molecule has 1 aliphatic heterocycles. The molecule has 286 valence electrons. The van der Waals surface area contributed by atoms with E-state index in [2.05, 4.69) is 5.32 Å². The van der Waals surface area contributed by atoms with Crippen LogP contribution in [-0.2, 0) is 30.2 Å².